The molecule has 0 aromatic rings. The average Bonchev–Trinajstić information content (AvgIpc) is 2.36. The van der Waals surface area contributed by atoms with Crippen molar-refractivity contribution in [2.45, 2.75) is 55.6 Å². The molecule has 2 heterocycles. The van der Waals surface area contributed by atoms with Crippen LogP contribution in [0, 0.1) is 5.92 Å². The SMILES string of the molecule is CC(C)C(SC1CCOC2(CCSCC2)C1)C(=O)O. The molecule has 2 unspecified atom stereocenters. The molecule has 2 fully saturated rings. The van der Waals surface area contributed by atoms with Gasteiger partial charge in [-0.2, -0.15) is 11.8 Å². The van der Waals surface area contributed by atoms with Crippen molar-refractivity contribution in [3.8, 4) is 0 Å². The van der Waals surface area contributed by atoms with Crippen LogP contribution in [-0.2, 0) is 9.53 Å². The van der Waals surface area contributed by atoms with Crippen molar-refractivity contribution in [2.75, 3.05) is 18.1 Å². The van der Waals surface area contributed by atoms with E-state index >= 15 is 0 Å². The van der Waals surface area contributed by atoms with Crippen molar-refractivity contribution >= 4 is 29.5 Å². The quantitative estimate of drug-likeness (QED) is 0.863. The van der Waals surface area contributed by atoms with E-state index in [-0.39, 0.29) is 16.8 Å². The van der Waals surface area contributed by atoms with Gasteiger partial charge in [-0.05, 0) is 43.1 Å². The highest BCUT2D eigenvalue weighted by Crippen LogP contribution is 2.42. The normalized spacial score (nSPS) is 28.5. The topological polar surface area (TPSA) is 46.5 Å². The molecule has 2 aliphatic heterocycles. The predicted octanol–water partition coefficient (Wildman–Crippen LogP) is 3.27. The second-order valence-corrected chi connectivity index (χ2v) is 8.57. The van der Waals surface area contributed by atoms with Crippen LogP contribution in [0.1, 0.15) is 39.5 Å². The maximum atomic E-state index is 11.3. The molecule has 0 aliphatic carbocycles. The summed E-state index contributed by atoms with van der Waals surface area (Å²) in [5.41, 5.74) is 0.0567. The van der Waals surface area contributed by atoms with E-state index in [1.807, 2.05) is 25.6 Å². The van der Waals surface area contributed by atoms with Gasteiger partial charge in [0.2, 0.25) is 0 Å². The van der Waals surface area contributed by atoms with Crippen LogP contribution in [0.25, 0.3) is 0 Å². The summed E-state index contributed by atoms with van der Waals surface area (Å²) in [7, 11) is 0. The molecule has 0 saturated carbocycles. The molecule has 5 heteroatoms. The van der Waals surface area contributed by atoms with Gasteiger partial charge < -0.3 is 9.84 Å². The van der Waals surface area contributed by atoms with Crippen molar-refractivity contribution < 1.29 is 14.6 Å². The minimum Gasteiger partial charge on any atom is -0.480 e. The molecule has 2 atom stereocenters. The Kier molecular flexibility index (Phi) is 5.49. The minimum atomic E-state index is -0.667. The molecule has 19 heavy (non-hydrogen) atoms. The first-order valence-corrected chi connectivity index (χ1v) is 9.22. The lowest BCUT2D eigenvalue weighted by atomic mass is 9.88. The van der Waals surface area contributed by atoms with Gasteiger partial charge in [0, 0.05) is 11.9 Å². The molecule has 0 bridgehead atoms. The number of thioether (sulfide) groups is 2. The number of aliphatic carboxylic acids is 1. The Morgan fingerprint density at radius 1 is 1.42 bits per heavy atom. The molecule has 1 N–H and O–H groups in total. The summed E-state index contributed by atoms with van der Waals surface area (Å²) in [6.07, 6.45) is 4.30. The molecule has 0 radical (unpaired) electrons. The summed E-state index contributed by atoms with van der Waals surface area (Å²) in [6.45, 7) is 4.79. The van der Waals surface area contributed by atoms with Crippen molar-refractivity contribution in [3.05, 3.63) is 0 Å². The first-order valence-electron chi connectivity index (χ1n) is 7.12. The van der Waals surface area contributed by atoms with Crippen LogP contribution in [0.15, 0.2) is 0 Å². The number of rotatable bonds is 4. The molecule has 0 aromatic heterocycles. The zero-order chi connectivity index (χ0) is 13.9. The fourth-order valence-corrected chi connectivity index (χ4v) is 5.61. The molecule has 0 aromatic carbocycles. The first kappa shape index (κ1) is 15.5. The molecule has 110 valence electrons. The second kappa shape index (κ2) is 6.72. The smallest absolute Gasteiger partial charge is 0.316 e. The fraction of sp³-hybridized carbons (Fsp3) is 0.929. The third-order valence-corrected chi connectivity index (χ3v) is 6.85. The molecule has 1 spiro atoms. The van der Waals surface area contributed by atoms with E-state index in [0.29, 0.717) is 5.25 Å². The number of hydrogen-bond donors (Lipinski definition) is 1. The highest BCUT2D eigenvalue weighted by atomic mass is 32.2. The van der Waals surface area contributed by atoms with E-state index in [1.165, 1.54) is 11.5 Å². The first-order chi connectivity index (χ1) is 9.02. The second-order valence-electron chi connectivity index (χ2n) is 5.90. The molecular formula is C14H24O3S2. The van der Waals surface area contributed by atoms with Gasteiger partial charge in [-0.1, -0.05) is 13.8 Å². The van der Waals surface area contributed by atoms with Gasteiger partial charge >= 0.3 is 5.97 Å². The Balaban J connectivity index is 1.95. The van der Waals surface area contributed by atoms with Crippen LogP contribution in [0.4, 0.5) is 0 Å². The largest absolute Gasteiger partial charge is 0.480 e. The van der Waals surface area contributed by atoms with Crippen LogP contribution in [0.2, 0.25) is 0 Å². The Hall–Kier alpha value is 0.130. The van der Waals surface area contributed by atoms with Gasteiger partial charge in [0.1, 0.15) is 5.25 Å². The van der Waals surface area contributed by atoms with Crippen molar-refractivity contribution in [3.63, 3.8) is 0 Å². The minimum absolute atomic E-state index is 0.0567. The summed E-state index contributed by atoms with van der Waals surface area (Å²) in [4.78, 5) is 11.3. The summed E-state index contributed by atoms with van der Waals surface area (Å²) in [6, 6.07) is 0. The molecular weight excluding hydrogens is 280 g/mol. The van der Waals surface area contributed by atoms with Gasteiger partial charge in [0.05, 0.1) is 5.60 Å². The summed E-state index contributed by atoms with van der Waals surface area (Å²) in [5.74, 6) is 1.89. The van der Waals surface area contributed by atoms with E-state index < -0.39 is 5.97 Å². The Bertz CT molecular complexity index is 308. The van der Waals surface area contributed by atoms with Crippen molar-refractivity contribution in [1.29, 1.82) is 0 Å². The number of hydrogen-bond acceptors (Lipinski definition) is 4. The van der Waals surface area contributed by atoms with Crippen LogP contribution < -0.4 is 0 Å². The number of carboxylic acids is 1. The monoisotopic (exact) mass is 304 g/mol. The maximum Gasteiger partial charge on any atom is 0.316 e. The van der Waals surface area contributed by atoms with Gasteiger partial charge in [-0.25, -0.2) is 0 Å². The number of carboxylic acid groups (broad SMARTS) is 1. The highest BCUT2D eigenvalue weighted by Gasteiger charge is 2.40. The predicted molar refractivity (Wildman–Crippen MR) is 82.1 cm³/mol. The molecule has 2 aliphatic rings. The lowest BCUT2D eigenvalue weighted by Gasteiger charge is -2.43. The zero-order valence-electron chi connectivity index (χ0n) is 11.8. The molecule has 0 amide bonds. The van der Waals surface area contributed by atoms with E-state index in [2.05, 4.69) is 0 Å². The van der Waals surface area contributed by atoms with Crippen molar-refractivity contribution in [2.24, 2.45) is 5.92 Å². The average molecular weight is 304 g/mol. The lowest BCUT2D eigenvalue weighted by molar-refractivity contribution is -0.137. The van der Waals surface area contributed by atoms with E-state index in [4.69, 9.17) is 4.74 Å². The van der Waals surface area contributed by atoms with Gasteiger partial charge in [0.15, 0.2) is 0 Å². The zero-order valence-corrected chi connectivity index (χ0v) is 13.4. The van der Waals surface area contributed by atoms with Gasteiger partial charge in [0.25, 0.3) is 0 Å². The van der Waals surface area contributed by atoms with Gasteiger partial charge in [-0.3, -0.25) is 4.79 Å². The maximum absolute atomic E-state index is 11.3. The Labute approximate surface area is 124 Å². The Morgan fingerprint density at radius 2 is 2.11 bits per heavy atom. The summed E-state index contributed by atoms with van der Waals surface area (Å²) >= 11 is 3.67. The summed E-state index contributed by atoms with van der Waals surface area (Å²) < 4.78 is 6.07. The van der Waals surface area contributed by atoms with Crippen LogP contribution in [-0.4, -0.2) is 45.3 Å². The standard InChI is InChI=1S/C14H24O3S2/c1-10(2)12(13(15)16)19-11-3-6-17-14(9-11)4-7-18-8-5-14/h10-12H,3-9H2,1-2H3,(H,15,16). The van der Waals surface area contributed by atoms with Crippen LogP contribution in [0.5, 0.6) is 0 Å². The molecule has 2 rings (SSSR count). The third-order valence-electron chi connectivity index (χ3n) is 4.04. The molecule has 3 nitrogen and oxygen atoms in total. The number of ether oxygens (including phenoxy) is 1. The van der Waals surface area contributed by atoms with Crippen LogP contribution >= 0.6 is 23.5 Å². The highest BCUT2D eigenvalue weighted by molar-refractivity contribution is 8.01. The lowest BCUT2D eigenvalue weighted by Crippen LogP contribution is -2.44. The summed E-state index contributed by atoms with van der Waals surface area (Å²) in [5, 5.41) is 9.49. The van der Waals surface area contributed by atoms with E-state index in [1.54, 1.807) is 11.8 Å². The third kappa shape index (κ3) is 4.05. The molecule has 2 saturated heterocycles. The van der Waals surface area contributed by atoms with E-state index in [0.717, 1.165) is 32.3 Å². The number of carbonyl (C=O) groups is 1. The fourth-order valence-electron chi connectivity index (χ4n) is 2.90. The van der Waals surface area contributed by atoms with Crippen LogP contribution in [0.3, 0.4) is 0 Å². The Morgan fingerprint density at radius 3 is 2.68 bits per heavy atom. The van der Waals surface area contributed by atoms with E-state index in [9.17, 15) is 9.90 Å². The van der Waals surface area contributed by atoms with Gasteiger partial charge in [-0.15, -0.1) is 11.8 Å². The van der Waals surface area contributed by atoms with Crippen molar-refractivity contribution in [1.82, 2.24) is 0 Å².